The van der Waals surface area contributed by atoms with Gasteiger partial charge < -0.3 is 15.5 Å². The average molecular weight is 295 g/mol. The molecule has 2 N–H and O–H groups in total. The van der Waals surface area contributed by atoms with E-state index >= 15 is 0 Å². The van der Waals surface area contributed by atoms with Gasteiger partial charge >= 0.3 is 0 Å². The normalized spacial score (nSPS) is 12.5. The van der Waals surface area contributed by atoms with E-state index in [1.165, 1.54) is 12.1 Å². The number of nitro groups is 1. The van der Waals surface area contributed by atoms with E-state index in [0.29, 0.717) is 17.6 Å². The molecule has 0 amide bonds. The second-order valence-electron chi connectivity index (χ2n) is 5.84. The lowest BCUT2D eigenvalue weighted by Crippen LogP contribution is -2.33. The van der Waals surface area contributed by atoms with E-state index in [4.69, 9.17) is 0 Å². The summed E-state index contributed by atoms with van der Waals surface area (Å²) in [5.74, 6) is 1.55. The van der Waals surface area contributed by atoms with Crippen LogP contribution in [0, 0.1) is 16.0 Å². The first-order valence-corrected chi connectivity index (χ1v) is 7.07. The molecule has 1 heterocycles. The van der Waals surface area contributed by atoms with Gasteiger partial charge in [-0.3, -0.25) is 10.1 Å². The smallest absolute Gasteiger partial charge is 0.276 e. The quantitative estimate of drug-likeness (QED) is 0.566. The monoisotopic (exact) mass is 295 g/mol. The molecule has 1 rings (SSSR count). The third-order valence-electron chi connectivity index (χ3n) is 2.97. The van der Waals surface area contributed by atoms with Crippen molar-refractivity contribution in [1.82, 2.24) is 9.88 Å². The predicted molar refractivity (Wildman–Crippen MR) is 85.9 cm³/mol. The molecule has 7 nitrogen and oxygen atoms in total. The highest BCUT2D eigenvalue weighted by Crippen LogP contribution is 2.22. The molecule has 0 aliphatic rings. The molecule has 0 bridgehead atoms. The topological polar surface area (TPSA) is 83.3 Å². The minimum Gasteiger partial charge on any atom is -0.373 e. The average Bonchev–Trinajstić information content (AvgIpc) is 2.36. The highest BCUT2D eigenvalue weighted by molar-refractivity contribution is 5.54. The van der Waals surface area contributed by atoms with E-state index in [-0.39, 0.29) is 11.7 Å². The number of pyridine rings is 1. The Morgan fingerprint density at radius 1 is 1.33 bits per heavy atom. The summed E-state index contributed by atoms with van der Waals surface area (Å²) in [7, 11) is 5.71. The maximum atomic E-state index is 11.0. The number of nitrogens with zero attached hydrogens (tertiary/aromatic N) is 3. The van der Waals surface area contributed by atoms with E-state index in [0.717, 1.165) is 13.0 Å². The largest absolute Gasteiger partial charge is 0.373 e. The van der Waals surface area contributed by atoms with Gasteiger partial charge in [-0.1, -0.05) is 13.8 Å². The fourth-order valence-corrected chi connectivity index (χ4v) is 2.22. The van der Waals surface area contributed by atoms with Crippen molar-refractivity contribution in [2.45, 2.75) is 26.3 Å². The summed E-state index contributed by atoms with van der Waals surface area (Å²) in [5, 5.41) is 17.1. The number of hydrogen-bond donors (Lipinski definition) is 2. The molecule has 118 valence electrons. The molecule has 0 aliphatic carbocycles. The Kier molecular flexibility index (Phi) is 6.36. The number of aromatic nitrogens is 1. The first kappa shape index (κ1) is 17.2. The van der Waals surface area contributed by atoms with Crippen LogP contribution in [0.1, 0.15) is 20.3 Å². The molecule has 0 spiro atoms. The van der Waals surface area contributed by atoms with Crippen LogP contribution in [0.15, 0.2) is 12.1 Å². The molecule has 7 heteroatoms. The van der Waals surface area contributed by atoms with E-state index in [1.54, 1.807) is 7.05 Å². The van der Waals surface area contributed by atoms with Gasteiger partial charge in [0.1, 0.15) is 11.6 Å². The van der Waals surface area contributed by atoms with Gasteiger partial charge in [0.15, 0.2) is 0 Å². The molecule has 0 saturated heterocycles. The predicted octanol–water partition coefficient (Wildman–Crippen LogP) is 2.42. The van der Waals surface area contributed by atoms with Crippen LogP contribution in [-0.2, 0) is 0 Å². The van der Waals surface area contributed by atoms with Crippen molar-refractivity contribution >= 4 is 17.3 Å². The summed E-state index contributed by atoms with van der Waals surface area (Å²) in [5.41, 5.74) is 0.0324. The van der Waals surface area contributed by atoms with Gasteiger partial charge in [0.05, 0.1) is 17.1 Å². The fraction of sp³-hybridized carbons (Fsp3) is 0.643. The second-order valence-corrected chi connectivity index (χ2v) is 5.84. The van der Waals surface area contributed by atoms with Crippen molar-refractivity contribution in [1.29, 1.82) is 0 Å². The summed E-state index contributed by atoms with van der Waals surface area (Å²) < 4.78 is 0. The number of rotatable bonds is 8. The van der Waals surface area contributed by atoms with Crippen molar-refractivity contribution in [3.05, 3.63) is 22.2 Å². The minimum absolute atomic E-state index is 0.0324. The van der Waals surface area contributed by atoms with Crippen LogP contribution in [-0.4, -0.2) is 48.5 Å². The minimum atomic E-state index is -0.406. The summed E-state index contributed by atoms with van der Waals surface area (Å²) in [6.07, 6.45) is 0.970. The van der Waals surface area contributed by atoms with Crippen LogP contribution in [0.2, 0.25) is 0 Å². The molecule has 0 aliphatic heterocycles. The molecule has 0 fully saturated rings. The van der Waals surface area contributed by atoms with Crippen molar-refractivity contribution in [3.8, 4) is 0 Å². The molecule has 1 atom stereocenters. The zero-order chi connectivity index (χ0) is 16.0. The number of anilines is 2. The zero-order valence-electron chi connectivity index (χ0n) is 13.4. The van der Waals surface area contributed by atoms with Gasteiger partial charge in [0.2, 0.25) is 0 Å². The number of hydrogen-bond acceptors (Lipinski definition) is 6. The Morgan fingerprint density at radius 2 is 1.95 bits per heavy atom. The molecule has 1 aromatic rings. The zero-order valence-corrected chi connectivity index (χ0v) is 13.4. The van der Waals surface area contributed by atoms with Gasteiger partial charge in [-0.05, 0) is 26.4 Å². The maximum Gasteiger partial charge on any atom is 0.276 e. The highest BCUT2D eigenvalue weighted by Gasteiger charge is 2.16. The van der Waals surface area contributed by atoms with E-state index in [1.807, 2.05) is 14.1 Å². The summed E-state index contributed by atoms with van der Waals surface area (Å²) in [4.78, 5) is 17.0. The molecule has 21 heavy (non-hydrogen) atoms. The number of likely N-dealkylation sites (N-methyl/N-ethyl adjacent to an activating group) is 1. The van der Waals surface area contributed by atoms with Gasteiger partial charge in [-0.2, -0.15) is 0 Å². The maximum absolute atomic E-state index is 11.0. The molecular formula is C14H25N5O2. The second kappa shape index (κ2) is 7.78. The standard InChI is InChI=1S/C14H25N5O2/c1-10(2)6-11(9-18(4)5)16-14-8-12(19(20)21)7-13(15-3)17-14/h7-8,10-11H,6,9H2,1-5H3,(H2,15,16,17). The highest BCUT2D eigenvalue weighted by atomic mass is 16.6. The summed E-state index contributed by atoms with van der Waals surface area (Å²) in [6, 6.07) is 3.09. The van der Waals surface area contributed by atoms with E-state index in [2.05, 4.69) is 34.4 Å². The van der Waals surface area contributed by atoms with Gasteiger partial charge in [0, 0.05) is 19.6 Å². The lowest BCUT2D eigenvalue weighted by molar-refractivity contribution is -0.384. The Hall–Kier alpha value is -1.89. The Morgan fingerprint density at radius 3 is 2.43 bits per heavy atom. The van der Waals surface area contributed by atoms with Crippen LogP contribution < -0.4 is 10.6 Å². The van der Waals surface area contributed by atoms with Crippen LogP contribution in [0.4, 0.5) is 17.3 Å². The van der Waals surface area contributed by atoms with Crippen LogP contribution in [0.3, 0.4) is 0 Å². The van der Waals surface area contributed by atoms with Crippen LogP contribution in [0.25, 0.3) is 0 Å². The van der Waals surface area contributed by atoms with Crippen molar-refractivity contribution in [2.24, 2.45) is 5.92 Å². The summed E-state index contributed by atoms with van der Waals surface area (Å²) >= 11 is 0. The van der Waals surface area contributed by atoms with Crippen LogP contribution in [0.5, 0.6) is 0 Å². The van der Waals surface area contributed by atoms with Gasteiger partial charge in [-0.15, -0.1) is 0 Å². The fourth-order valence-electron chi connectivity index (χ4n) is 2.22. The van der Waals surface area contributed by atoms with Crippen molar-refractivity contribution in [3.63, 3.8) is 0 Å². The first-order valence-electron chi connectivity index (χ1n) is 7.07. The Balaban J connectivity index is 2.95. The first-order chi connectivity index (χ1) is 9.81. The van der Waals surface area contributed by atoms with E-state index in [9.17, 15) is 10.1 Å². The van der Waals surface area contributed by atoms with Crippen LogP contribution >= 0.6 is 0 Å². The molecule has 0 saturated carbocycles. The molecule has 1 aromatic heterocycles. The Labute approximate surface area is 125 Å². The van der Waals surface area contributed by atoms with Crippen molar-refractivity contribution < 1.29 is 4.92 Å². The molecule has 0 radical (unpaired) electrons. The lowest BCUT2D eigenvalue weighted by atomic mass is 10.0. The molecule has 1 unspecified atom stereocenters. The SMILES string of the molecule is CNc1cc([N+](=O)[O-])cc(NC(CC(C)C)CN(C)C)n1. The molecular weight excluding hydrogens is 270 g/mol. The third kappa shape index (κ3) is 5.95. The van der Waals surface area contributed by atoms with E-state index < -0.39 is 4.92 Å². The number of nitrogens with one attached hydrogen (secondary N) is 2. The lowest BCUT2D eigenvalue weighted by Gasteiger charge is -2.24. The third-order valence-corrected chi connectivity index (χ3v) is 2.97. The Bertz CT molecular complexity index is 466. The van der Waals surface area contributed by atoms with Crippen molar-refractivity contribution in [2.75, 3.05) is 38.3 Å². The van der Waals surface area contributed by atoms with Gasteiger partial charge in [0.25, 0.3) is 5.69 Å². The van der Waals surface area contributed by atoms with Gasteiger partial charge in [-0.25, -0.2) is 4.98 Å². The summed E-state index contributed by atoms with van der Waals surface area (Å²) in [6.45, 7) is 5.16. The molecule has 0 aromatic carbocycles.